The predicted molar refractivity (Wildman–Crippen MR) is 153 cm³/mol. The van der Waals surface area contributed by atoms with Crippen LogP contribution in [0.1, 0.15) is 38.2 Å². The van der Waals surface area contributed by atoms with E-state index in [4.69, 9.17) is 14.3 Å². The van der Waals surface area contributed by atoms with E-state index in [0.29, 0.717) is 66.0 Å². The zero-order valence-electron chi connectivity index (χ0n) is 22.5. The van der Waals surface area contributed by atoms with Gasteiger partial charge in [0.25, 0.3) is 5.91 Å². The fourth-order valence-corrected chi connectivity index (χ4v) is 6.69. The second-order valence-corrected chi connectivity index (χ2v) is 13.1. The number of sulfone groups is 1. The summed E-state index contributed by atoms with van der Waals surface area (Å²) < 4.78 is 36.3. The number of oxime groups is 1. The summed E-state index contributed by atoms with van der Waals surface area (Å²) in [7, 11) is -1.30. The first kappa shape index (κ1) is 28.4. The normalized spacial score (nSPS) is 17.9. The van der Waals surface area contributed by atoms with E-state index < -0.39 is 15.7 Å². The first-order valence-corrected chi connectivity index (χ1v) is 15.8. The van der Waals surface area contributed by atoms with Gasteiger partial charge in [-0.1, -0.05) is 35.5 Å². The molecule has 0 bridgehead atoms. The van der Waals surface area contributed by atoms with Gasteiger partial charge in [0.15, 0.2) is 26.8 Å². The van der Waals surface area contributed by atoms with Crippen LogP contribution < -0.4 is 10.1 Å². The molecule has 3 heterocycles. The van der Waals surface area contributed by atoms with Gasteiger partial charge in [0, 0.05) is 24.6 Å². The lowest BCUT2D eigenvalue weighted by atomic mass is 10.1. The van der Waals surface area contributed by atoms with E-state index in [0.717, 1.165) is 19.5 Å². The summed E-state index contributed by atoms with van der Waals surface area (Å²) in [5.41, 5.74) is 1.06. The van der Waals surface area contributed by atoms with Crippen LogP contribution in [0.15, 0.2) is 46.4 Å². The van der Waals surface area contributed by atoms with Crippen LogP contribution in [0.2, 0.25) is 0 Å². The van der Waals surface area contributed by atoms with E-state index in [9.17, 15) is 13.2 Å². The molecule has 0 spiro atoms. The molecule has 11 nitrogen and oxygen atoms in total. The Morgan fingerprint density at radius 2 is 1.95 bits per heavy atom. The number of nitrogens with one attached hydrogen (secondary N) is 1. The minimum absolute atomic E-state index is 0.00899. The highest BCUT2D eigenvalue weighted by atomic mass is 32.2. The fraction of sp³-hybridized carbons (Fsp3) is 0.481. The highest BCUT2D eigenvalue weighted by molar-refractivity contribution is 7.92. The lowest BCUT2D eigenvalue weighted by Gasteiger charge is -2.15. The maximum Gasteiger partial charge on any atom is 0.280 e. The Labute approximate surface area is 237 Å². The average molecular weight is 588 g/mol. The number of hydrogen-bond acceptors (Lipinski definition) is 11. The lowest BCUT2D eigenvalue weighted by molar-refractivity contribution is -0.110. The van der Waals surface area contributed by atoms with Gasteiger partial charge < -0.3 is 19.2 Å². The number of aromatic nitrogens is 2. The molecule has 40 heavy (non-hydrogen) atoms. The molecule has 1 aliphatic heterocycles. The first-order valence-electron chi connectivity index (χ1n) is 13.4. The highest BCUT2D eigenvalue weighted by Crippen LogP contribution is 2.33. The summed E-state index contributed by atoms with van der Waals surface area (Å²) >= 11 is 1.22. The zero-order valence-corrected chi connectivity index (χ0v) is 24.2. The third kappa shape index (κ3) is 6.95. The molecule has 1 saturated carbocycles. The molecule has 1 N–H and O–H groups in total. The standard InChI is InChI=1S/C27H33N5O6S2/c1-3-13-32(2)14-16-37-23-11-10-22-26(29-23)39-27(28-22)30-25(33)24(31-38-19-12-15-36-17-19)18-4-6-20(7-5-18)40(34,35)21-8-9-21/h4-7,10-11,19,21H,3,8-9,12-17H2,1-2H3,(H,28,30,33)/b31-24+/t19-/m1/s1. The molecule has 1 atom stereocenters. The Hall–Kier alpha value is -3.13. The van der Waals surface area contributed by atoms with Gasteiger partial charge in [0.1, 0.15) is 17.0 Å². The SMILES string of the molecule is CCCN(C)CCOc1ccc2nc(NC(=O)/C(=N/O[C@@H]3CCOC3)c3ccc(S(=O)(=O)C4CC4)cc3)sc2n1. The van der Waals surface area contributed by atoms with Crippen LogP contribution in [-0.2, 0) is 24.2 Å². The molecule has 3 aromatic rings. The van der Waals surface area contributed by atoms with Crippen molar-refractivity contribution in [1.82, 2.24) is 14.9 Å². The van der Waals surface area contributed by atoms with Gasteiger partial charge in [-0.3, -0.25) is 10.1 Å². The molecule has 0 unspecified atom stereocenters. The minimum atomic E-state index is -3.35. The summed E-state index contributed by atoms with van der Waals surface area (Å²) in [5, 5.41) is 6.97. The summed E-state index contributed by atoms with van der Waals surface area (Å²) in [6.07, 6.45) is 2.84. The number of rotatable bonds is 13. The highest BCUT2D eigenvalue weighted by Gasteiger charge is 2.36. The number of hydrogen-bond donors (Lipinski definition) is 1. The van der Waals surface area contributed by atoms with Crippen molar-refractivity contribution in [2.24, 2.45) is 5.16 Å². The average Bonchev–Trinajstić information content (AvgIpc) is 3.54. The second kappa shape index (κ2) is 12.6. The van der Waals surface area contributed by atoms with Crippen molar-refractivity contribution >= 4 is 48.3 Å². The number of likely N-dealkylation sites (N-methyl/N-ethyl adjacent to an activating group) is 1. The van der Waals surface area contributed by atoms with E-state index >= 15 is 0 Å². The Balaban J connectivity index is 1.30. The van der Waals surface area contributed by atoms with Gasteiger partial charge in [-0.05, 0) is 51.1 Å². The van der Waals surface area contributed by atoms with Crippen molar-refractivity contribution in [2.45, 2.75) is 48.9 Å². The van der Waals surface area contributed by atoms with Crippen molar-refractivity contribution in [1.29, 1.82) is 0 Å². The molecular weight excluding hydrogens is 554 g/mol. The van der Waals surface area contributed by atoms with E-state index in [2.05, 4.69) is 39.3 Å². The predicted octanol–water partition coefficient (Wildman–Crippen LogP) is 3.50. The number of fused-ring (bicyclic) bond motifs is 1. The molecule has 214 valence electrons. The number of amides is 1. The largest absolute Gasteiger partial charge is 0.476 e. The lowest BCUT2D eigenvalue weighted by Crippen LogP contribution is -2.25. The van der Waals surface area contributed by atoms with Crippen LogP contribution >= 0.6 is 11.3 Å². The number of benzene rings is 1. The third-order valence-electron chi connectivity index (χ3n) is 6.59. The number of pyridine rings is 1. The smallest absolute Gasteiger partial charge is 0.280 e. The Morgan fingerprint density at radius 1 is 1.15 bits per heavy atom. The number of thiazole rings is 1. The summed E-state index contributed by atoms with van der Waals surface area (Å²) in [6.45, 7) is 5.40. The molecule has 13 heteroatoms. The Bertz CT molecular complexity index is 1460. The monoisotopic (exact) mass is 587 g/mol. The Morgan fingerprint density at radius 3 is 2.65 bits per heavy atom. The van der Waals surface area contributed by atoms with Gasteiger partial charge in [-0.2, -0.15) is 0 Å². The number of carbonyl (C=O) groups excluding carboxylic acids is 1. The molecule has 0 radical (unpaired) electrons. The zero-order chi connectivity index (χ0) is 28.1. The number of anilines is 1. The van der Waals surface area contributed by atoms with Gasteiger partial charge in [0.2, 0.25) is 5.88 Å². The summed E-state index contributed by atoms with van der Waals surface area (Å²) in [4.78, 5) is 31.0. The molecule has 2 fully saturated rings. The molecule has 1 aromatic carbocycles. The molecule has 2 aromatic heterocycles. The van der Waals surface area contributed by atoms with Crippen molar-refractivity contribution in [2.75, 3.05) is 45.3 Å². The topological polar surface area (TPSA) is 132 Å². The van der Waals surface area contributed by atoms with Gasteiger partial charge in [-0.25, -0.2) is 18.4 Å². The van der Waals surface area contributed by atoms with Gasteiger partial charge in [0.05, 0.1) is 23.4 Å². The quantitative estimate of drug-likeness (QED) is 0.236. The van der Waals surface area contributed by atoms with Crippen molar-refractivity contribution in [3.8, 4) is 5.88 Å². The maximum atomic E-state index is 13.4. The van der Waals surface area contributed by atoms with Crippen LogP contribution in [0.5, 0.6) is 5.88 Å². The molecule has 2 aliphatic rings. The maximum absolute atomic E-state index is 13.4. The molecular formula is C27H33N5O6S2. The number of carbonyl (C=O) groups is 1. The van der Waals surface area contributed by atoms with Gasteiger partial charge in [-0.15, -0.1) is 0 Å². The van der Waals surface area contributed by atoms with E-state index in [1.54, 1.807) is 24.3 Å². The first-order chi connectivity index (χ1) is 19.3. The molecule has 1 aliphatic carbocycles. The fourth-order valence-electron chi connectivity index (χ4n) is 4.21. The van der Waals surface area contributed by atoms with Crippen molar-refractivity contribution < 1.29 is 27.5 Å². The summed E-state index contributed by atoms with van der Waals surface area (Å²) in [5.74, 6) is -0.0409. The molecule has 1 saturated heterocycles. The van der Waals surface area contributed by atoms with E-state index in [1.807, 2.05) is 0 Å². The van der Waals surface area contributed by atoms with Crippen LogP contribution in [0.3, 0.4) is 0 Å². The molecule has 5 rings (SSSR count). The molecule has 1 amide bonds. The third-order valence-corrected chi connectivity index (χ3v) is 9.75. The van der Waals surface area contributed by atoms with Crippen molar-refractivity contribution in [3.05, 3.63) is 42.0 Å². The van der Waals surface area contributed by atoms with Crippen LogP contribution in [0, 0.1) is 0 Å². The number of ether oxygens (including phenoxy) is 2. The van der Waals surface area contributed by atoms with E-state index in [-0.39, 0.29) is 22.0 Å². The van der Waals surface area contributed by atoms with Crippen LogP contribution in [0.4, 0.5) is 5.13 Å². The second-order valence-electron chi connectivity index (χ2n) is 9.90. The van der Waals surface area contributed by atoms with Crippen LogP contribution in [-0.4, -0.2) is 86.2 Å². The van der Waals surface area contributed by atoms with E-state index in [1.165, 1.54) is 23.5 Å². The Kier molecular flexibility index (Phi) is 8.94. The van der Waals surface area contributed by atoms with Crippen molar-refractivity contribution in [3.63, 3.8) is 0 Å². The summed E-state index contributed by atoms with van der Waals surface area (Å²) in [6, 6.07) is 9.72. The minimum Gasteiger partial charge on any atom is -0.476 e. The van der Waals surface area contributed by atoms with Gasteiger partial charge >= 0.3 is 0 Å². The number of nitrogens with zero attached hydrogens (tertiary/aromatic N) is 4. The van der Waals surface area contributed by atoms with Crippen LogP contribution in [0.25, 0.3) is 10.3 Å².